The first-order chi connectivity index (χ1) is 11.6. The number of amides is 1. The van der Waals surface area contributed by atoms with Gasteiger partial charge in [0.15, 0.2) is 0 Å². The molecule has 0 aliphatic carbocycles. The second-order valence-electron chi connectivity index (χ2n) is 6.98. The van der Waals surface area contributed by atoms with Crippen LogP contribution < -0.4 is 9.62 Å². The van der Waals surface area contributed by atoms with Gasteiger partial charge in [-0.3, -0.25) is 9.10 Å². The van der Waals surface area contributed by atoms with Gasteiger partial charge in [0.2, 0.25) is 15.9 Å². The summed E-state index contributed by atoms with van der Waals surface area (Å²) in [5, 5.41) is 2.70. The second kappa shape index (κ2) is 7.27. The topological polar surface area (TPSA) is 66.5 Å². The molecule has 0 radical (unpaired) electrons. The molecule has 0 bridgehead atoms. The van der Waals surface area contributed by atoms with Crippen molar-refractivity contribution in [3.8, 4) is 0 Å². The molecule has 6 heteroatoms. The average molecular weight is 360 g/mol. The van der Waals surface area contributed by atoms with E-state index in [2.05, 4.69) is 26.1 Å². The molecule has 0 unspecified atom stereocenters. The lowest BCUT2D eigenvalue weighted by molar-refractivity contribution is -0.114. The lowest BCUT2D eigenvalue weighted by atomic mass is 9.87. The Hall–Kier alpha value is -2.34. The number of benzene rings is 2. The molecule has 5 nitrogen and oxygen atoms in total. The fourth-order valence-electron chi connectivity index (χ4n) is 2.38. The van der Waals surface area contributed by atoms with Gasteiger partial charge in [0.05, 0.1) is 11.9 Å². The number of carbonyl (C=O) groups is 1. The largest absolute Gasteiger partial charge is 0.325 e. The molecule has 0 saturated carbocycles. The number of rotatable bonds is 5. The molecule has 0 fully saturated rings. The van der Waals surface area contributed by atoms with E-state index in [4.69, 9.17) is 0 Å². The molecule has 2 aromatic carbocycles. The lowest BCUT2D eigenvalue weighted by Crippen LogP contribution is -2.37. The van der Waals surface area contributed by atoms with Gasteiger partial charge in [0.25, 0.3) is 0 Å². The zero-order valence-corrected chi connectivity index (χ0v) is 15.8. The van der Waals surface area contributed by atoms with Gasteiger partial charge in [-0.1, -0.05) is 51.1 Å². The number of hydrogen-bond acceptors (Lipinski definition) is 3. The van der Waals surface area contributed by atoms with Crippen LogP contribution in [-0.2, 0) is 20.2 Å². The minimum absolute atomic E-state index is 0.0286. The first-order valence-electron chi connectivity index (χ1n) is 8.00. The molecule has 0 heterocycles. The van der Waals surface area contributed by atoms with Crippen LogP contribution in [0.25, 0.3) is 0 Å². The molecule has 0 spiro atoms. The first kappa shape index (κ1) is 19.0. The van der Waals surface area contributed by atoms with Crippen molar-refractivity contribution in [1.29, 1.82) is 0 Å². The van der Waals surface area contributed by atoms with Crippen LogP contribution in [0.1, 0.15) is 26.3 Å². The van der Waals surface area contributed by atoms with E-state index in [9.17, 15) is 13.2 Å². The Labute approximate surface area is 149 Å². The predicted molar refractivity (Wildman–Crippen MR) is 102 cm³/mol. The Morgan fingerprint density at radius 1 is 1.00 bits per heavy atom. The first-order valence-corrected chi connectivity index (χ1v) is 9.85. The molecule has 0 aliphatic rings. The highest BCUT2D eigenvalue weighted by Gasteiger charge is 2.22. The Balaban J connectivity index is 2.21. The van der Waals surface area contributed by atoms with E-state index in [0.29, 0.717) is 11.4 Å². The Morgan fingerprint density at radius 3 is 2.04 bits per heavy atom. The van der Waals surface area contributed by atoms with E-state index in [1.54, 1.807) is 36.4 Å². The van der Waals surface area contributed by atoms with Crippen LogP contribution in [0.2, 0.25) is 0 Å². The summed E-state index contributed by atoms with van der Waals surface area (Å²) in [5.41, 5.74) is 2.17. The summed E-state index contributed by atoms with van der Waals surface area (Å²) in [6.07, 6.45) is 1.10. The number of sulfonamides is 1. The highest BCUT2D eigenvalue weighted by atomic mass is 32.2. The van der Waals surface area contributed by atoms with E-state index in [1.165, 1.54) is 0 Å². The zero-order valence-electron chi connectivity index (χ0n) is 15.0. The van der Waals surface area contributed by atoms with Gasteiger partial charge in [-0.05, 0) is 35.2 Å². The van der Waals surface area contributed by atoms with Crippen molar-refractivity contribution >= 4 is 27.3 Å². The highest BCUT2D eigenvalue weighted by Crippen LogP contribution is 2.26. The molecule has 25 heavy (non-hydrogen) atoms. The van der Waals surface area contributed by atoms with Crippen LogP contribution in [0.5, 0.6) is 0 Å². The van der Waals surface area contributed by atoms with Crippen molar-refractivity contribution in [3.05, 3.63) is 60.2 Å². The molecular formula is C19H24N2O3S. The smallest absolute Gasteiger partial charge is 0.245 e. The third kappa shape index (κ3) is 5.32. The molecule has 2 aromatic rings. The molecule has 2 rings (SSSR count). The van der Waals surface area contributed by atoms with Gasteiger partial charge in [-0.2, -0.15) is 0 Å². The number of anilines is 2. The van der Waals surface area contributed by atoms with Gasteiger partial charge < -0.3 is 5.32 Å². The Bertz CT molecular complexity index is 823. The summed E-state index contributed by atoms with van der Waals surface area (Å²) in [6.45, 7) is 5.99. The Kier molecular flexibility index (Phi) is 5.52. The van der Waals surface area contributed by atoms with Crippen LogP contribution >= 0.6 is 0 Å². The number of hydrogen-bond donors (Lipinski definition) is 1. The minimum Gasteiger partial charge on any atom is -0.325 e. The van der Waals surface area contributed by atoms with Crippen molar-refractivity contribution in [1.82, 2.24) is 0 Å². The Morgan fingerprint density at radius 2 is 1.56 bits per heavy atom. The van der Waals surface area contributed by atoms with Crippen LogP contribution in [0.3, 0.4) is 0 Å². The summed E-state index contributed by atoms with van der Waals surface area (Å²) in [4.78, 5) is 12.3. The summed E-state index contributed by atoms with van der Waals surface area (Å²) < 4.78 is 25.4. The molecule has 0 atom stereocenters. The van der Waals surface area contributed by atoms with Crippen LogP contribution in [0, 0.1) is 0 Å². The van der Waals surface area contributed by atoms with Crippen molar-refractivity contribution < 1.29 is 13.2 Å². The zero-order chi connectivity index (χ0) is 18.7. The molecule has 0 saturated heterocycles. The monoisotopic (exact) mass is 360 g/mol. The maximum Gasteiger partial charge on any atom is 0.245 e. The quantitative estimate of drug-likeness (QED) is 0.889. The number of nitrogens with one attached hydrogen (secondary N) is 1. The van der Waals surface area contributed by atoms with Gasteiger partial charge in [-0.15, -0.1) is 0 Å². The lowest BCUT2D eigenvalue weighted by Gasteiger charge is -2.24. The summed E-state index contributed by atoms with van der Waals surface area (Å²) in [7, 11) is -3.58. The van der Waals surface area contributed by atoms with Crippen LogP contribution in [0.15, 0.2) is 54.6 Å². The van der Waals surface area contributed by atoms with Gasteiger partial charge >= 0.3 is 0 Å². The molecule has 0 aliphatic heterocycles. The van der Waals surface area contributed by atoms with Crippen molar-refractivity contribution in [2.24, 2.45) is 0 Å². The normalized spacial score (nSPS) is 11.8. The molecule has 134 valence electrons. The molecule has 1 N–H and O–H groups in total. The van der Waals surface area contributed by atoms with E-state index in [-0.39, 0.29) is 12.0 Å². The van der Waals surface area contributed by atoms with Crippen LogP contribution in [0.4, 0.5) is 11.4 Å². The molecular weight excluding hydrogens is 336 g/mol. The summed E-state index contributed by atoms with van der Waals surface area (Å²) in [6, 6.07) is 16.2. The fraction of sp³-hybridized carbons (Fsp3) is 0.316. The highest BCUT2D eigenvalue weighted by molar-refractivity contribution is 7.92. The van der Waals surface area contributed by atoms with E-state index < -0.39 is 15.9 Å². The molecule has 0 aromatic heterocycles. The van der Waals surface area contributed by atoms with E-state index in [0.717, 1.165) is 16.1 Å². The molecule has 1 amide bonds. The predicted octanol–water partition coefficient (Wildman–Crippen LogP) is 3.39. The summed E-state index contributed by atoms with van der Waals surface area (Å²) in [5.74, 6) is -0.392. The van der Waals surface area contributed by atoms with Gasteiger partial charge in [-0.25, -0.2) is 8.42 Å². The van der Waals surface area contributed by atoms with E-state index >= 15 is 0 Å². The van der Waals surface area contributed by atoms with E-state index in [1.807, 2.05) is 18.2 Å². The third-order valence-corrected chi connectivity index (χ3v) is 4.91. The summed E-state index contributed by atoms with van der Waals surface area (Å²) >= 11 is 0. The van der Waals surface area contributed by atoms with Crippen molar-refractivity contribution in [3.63, 3.8) is 0 Å². The van der Waals surface area contributed by atoms with Gasteiger partial charge in [0.1, 0.15) is 6.54 Å². The number of nitrogens with zero attached hydrogens (tertiary/aromatic N) is 1. The third-order valence-electron chi connectivity index (χ3n) is 3.77. The maximum absolute atomic E-state index is 12.3. The fourth-order valence-corrected chi connectivity index (χ4v) is 3.24. The number of carbonyl (C=O) groups excluding carboxylic acids is 1. The van der Waals surface area contributed by atoms with Gasteiger partial charge in [0, 0.05) is 5.69 Å². The standard InChI is InChI=1S/C19H24N2O3S/c1-19(2,3)15-10-12-17(13-11-15)21(25(4,23)24)14-18(22)20-16-8-6-5-7-9-16/h5-13H,14H2,1-4H3,(H,20,22). The van der Waals surface area contributed by atoms with Crippen molar-refractivity contribution in [2.75, 3.05) is 22.4 Å². The number of para-hydroxylation sites is 1. The van der Waals surface area contributed by atoms with Crippen LogP contribution in [-0.4, -0.2) is 27.1 Å². The SMILES string of the molecule is CC(C)(C)c1ccc(N(CC(=O)Nc2ccccc2)S(C)(=O)=O)cc1. The second-order valence-corrected chi connectivity index (χ2v) is 8.89. The maximum atomic E-state index is 12.3. The average Bonchev–Trinajstić information content (AvgIpc) is 2.52. The minimum atomic E-state index is -3.58. The van der Waals surface area contributed by atoms with Crippen molar-refractivity contribution in [2.45, 2.75) is 26.2 Å².